The van der Waals surface area contributed by atoms with Crippen molar-refractivity contribution in [3.8, 4) is 5.75 Å². The fourth-order valence-corrected chi connectivity index (χ4v) is 2.48. The number of hydrogen-bond donors (Lipinski definition) is 1. The average Bonchev–Trinajstić information content (AvgIpc) is 2.68. The molecule has 0 saturated carbocycles. The first-order valence-corrected chi connectivity index (χ1v) is 7.35. The van der Waals surface area contributed by atoms with E-state index in [0.717, 1.165) is 11.5 Å². The Balaban J connectivity index is 1.96. The summed E-state index contributed by atoms with van der Waals surface area (Å²) in [7, 11) is 5.29. The number of carbonyl (C=O) groups excluding carboxylic acids is 1. The quantitative estimate of drug-likeness (QED) is 0.935. The molecule has 2 aromatic rings. The largest absolute Gasteiger partial charge is 0.495 e. The molecule has 1 aliphatic heterocycles. The molecule has 0 spiro atoms. The Morgan fingerprint density at radius 2 is 2.04 bits per heavy atom. The molecule has 0 aliphatic carbocycles. The van der Waals surface area contributed by atoms with Gasteiger partial charge in [0.25, 0.3) is 0 Å². The van der Waals surface area contributed by atoms with E-state index in [-0.39, 0.29) is 5.91 Å². The first-order valence-electron chi connectivity index (χ1n) is 7.35. The second-order valence-electron chi connectivity index (χ2n) is 5.35. The van der Waals surface area contributed by atoms with Gasteiger partial charge in [-0.05, 0) is 12.1 Å². The van der Waals surface area contributed by atoms with Gasteiger partial charge in [-0.1, -0.05) is 12.1 Å². The third-order valence-electron chi connectivity index (χ3n) is 3.86. The van der Waals surface area contributed by atoms with Gasteiger partial charge in [0.05, 0.1) is 19.0 Å². The summed E-state index contributed by atoms with van der Waals surface area (Å²) in [4.78, 5) is 24.4. The first-order chi connectivity index (χ1) is 11.1. The highest BCUT2D eigenvalue weighted by molar-refractivity contribution is 5.97. The van der Waals surface area contributed by atoms with Gasteiger partial charge in [-0.2, -0.15) is 4.98 Å². The smallest absolute Gasteiger partial charge is 0.229 e. The van der Waals surface area contributed by atoms with Crippen LogP contribution in [0, 0.1) is 0 Å². The number of amides is 1. The molecule has 1 amide bonds. The summed E-state index contributed by atoms with van der Waals surface area (Å²) in [6, 6.07) is 7.57. The number of rotatable bonds is 3. The second-order valence-corrected chi connectivity index (χ2v) is 5.35. The number of aromatic nitrogens is 2. The van der Waals surface area contributed by atoms with E-state index in [1.165, 1.54) is 0 Å². The van der Waals surface area contributed by atoms with E-state index in [1.807, 2.05) is 36.2 Å². The Labute approximate surface area is 134 Å². The van der Waals surface area contributed by atoms with E-state index in [9.17, 15) is 4.79 Å². The molecule has 0 saturated heterocycles. The molecule has 0 unspecified atom stereocenters. The predicted octanol–water partition coefficient (Wildman–Crippen LogP) is 2.03. The summed E-state index contributed by atoms with van der Waals surface area (Å²) in [6.07, 6.45) is 2.12. The molecule has 0 bridgehead atoms. The van der Waals surface area contributed by atoms with Crippen molar-refractivity contribution in [1.29, 1.82) is 0 Å². The summed E-state index contributed by atoms with van der Waals surface area (Å²) < 4.78 is 5.32. The Morgan fingerprint density at radius 1 is 1.26 bits per heavy atom. The van der Waals surface area contributed by atoms with Gasteiger partial charge in [0.2, 0.25) is 11.9 Å². The van der Waals surface area contributed by atoms with Crippen LogP contribution in [0.3, 0.4) is 0 Å². The maximum atomic E-state index is 12.0. The van der Waals surface area contributed by atoms with Gasteiger partial charge in [-0.25, -0.2) is 4.98 Å². The molecule has 1 aromatic carbocycles. The molecular weight excluding hydrogens is 294 g/mol. The normalized spacial score (nSPS) is 14.3. The second kappa shape index (κ2) is 6.12. The molecule has 1 aliphatic rings. The third kappa shape index (κ3) is 2.90. The van der Waals surface area contributed by atoms with Crippen LogP contribution in [0.1, 0.15) is 6.42 Å². The minimum Gasteiger partial charge on any atom is -0.495 e. The zero-order valence-corrected chi connectivity index (χ0v) is 13.4. The zero-order chi connectivity index (χ0) is 16.4. The lowest BCUT2D eigenvalue weighted by Gasteiger charge is -2.20. The molecule has 2 heterocycles. The van der Waals surface area contributed by atoms with Crippen molar-refractivity contribution in [2.45, 2.75) is 6.42 Å². The average molecular weight is 313 g/mol. The number of nitrogens with one attached hydrogen (secondary N) is 1. The van der Waals surface area contributed by atoms with E-state index in [4.69, 9.17) is 4.74 Å². The van der Waals surface area contributed by atoms with Crippen molar-refractivity contribution >= 4 is 29.0 Å². The highest BCUT2D eigenvalue weighted by Crippen LogP contribution is 2.31. The molecule has 0 atom stereocenters. The molecule has 23 heavy (non-hydrogen) atoms. The molecular formula is C16H19N5O2. The predicted molar refractivity (Wildman–Crippen MR) is 89.6 cm³/mol. The lowest BCUT2D eigenvalue weighted by molar-refractivity contribution is -0.118. The number of anilines is 4. The molecule has 3 rings (SSSR count). The van der Waals surface area contributed by atoms with Crippen LogP contribution in [0.15, 0.2) is 30.5 Å². The lowest BCUT2D eigenvalue weighted by Crippen LogP contribution is -2.25. The molecule has 0 fully saturated rings. The third-order valence-corrected chi connectivity index (χ3v) is 3.86. The van der Waals surface area contributed by atoms with E-state index in [1.54, 1.807) is 25.3 Å². The highest BCUT2D eigenvalue weighted by atomic mass is 16.5. The molecule has 1 aromatic heterocycles. The van der Waals surface area contributed by atoms with Crippen molar-refractivity contribution in [2.75, 3.05) is 42.9 Å². The number of ether oxygens (including phenoxy) is 1. The SMILES string of the molecule is COc1ccccc1Nc1ncc2c(n1)N(C)CCC(=O)N2C. The van der Waals surface area contributed by atoms with Gasteiger partial charge in [-0.3, -0.25) is 4.79 Å². The van der Waals surface area contributed by atoms with Crippen LogP contribution in [0.25, 0.3) is 0 Å². The lowest BCUT2D eigenvalue weighted by atomic mass is 10.3. The fraction of sp³-hybridized carbons (Fsp3) is 0.312. The monoisotopic (exact) mass is 313 g/mol. The van der Waals surface area contributed by atoms with Crippen LogP contribution in [0.2, 0.25) is 0 Å². The Morgan fingerprint density at radius 3 is 2.83 bits per heavy atom. The number of nitrogens with zero attached hydrogens (tertiary/aromatic N) is 4. The van der Waals surface area contributed by atoms with E-state index in [0.29, 0.717) is 30.4 Å². The van der Waals surface area contributed by atoms with E-state index < -0.39 is 0 Å². The standard InChI is InChI=1S/C16H19N5O2/c1-20-9-8-14(22)21(2)12-10-17-16(19-15(12)20)18-11-6-4-5-7-13(11)23-3/h4-7,10H,8-9H2,1-3H3,(H,17,18,19). The highest BCUT2D eigenvalue weighted by Gasteiger charge is 2.24. The molecule has 120 valence electrons. The maximum absolute atomic E-state index is 12.0. The summed E-state index contributed by atoms with van der Waals surface area (Å²) in [5.41, 5.74) is 1.50. The Kier molecular flexibility index (Phi) is 4.01. The summed E-state index contributed by atoms with van der Waals surface area (Å²) >= 11 is 0. The zero-order valence-electron chi connectivity index (χ0n) is 13.4. The summed E-state index contributed by atoms with van der Waals surface area (Å²) in [6.45, 7) is 0.626. The molecule has 7 heteroatoms. The van der Waals surface area contributed by atoms with Crippen LogP contribution < -0.4 is 19.9 Å². The molecule has 1 N–H and O–H groups in total. The van der Waals surface area contributed by atoms with Crippen molar-refractivity contribution < 1.29 is 9.53 Å². The van der Waals surface area contributed by atoms with Gasteiger partial charge in [0, 0.05) is 27.1 Å². The fourth-order valence-electron chi connectivity index (χ4n) is 2.48. The topological polar surface area (TPSA) is 70.6 Å². The molecule has 7 nitrogen and oxygen atoms in total. The minimum atomic E-state index is 0.0598. The van der Waals surface area contributed by atoms with Gasteiger partial charge >= 0.3 is 0 Å². The van der Waals surface area contributed by atoms with Gasteiger partial charge in [0.1, 0.15) is 11.4 Å². The summed E-state index contributed by atoms with van der Waals surface area (Å²) in [5.74, 6) is 1.96. The van der Waals surface area contributed by atoms with Gasteiger partial charge in [-0.15, -0.1) is 0 Å². The maximum Gasteiger partial charge on any atom is 0.229 e. The van der Waals surface area contributed by atoms with Crippen molar-refractivity contribution in [1.82, 2.24) is 9.97 Å². The van der Waals surface area contributed by atoms with Crippen molar-refractivity contribution in [3.05, 3.63) is 30.5 Å². The number of para-hydroxylation sites is 2. The van der Waals surface area contributed by atoms with Crippen LogP contribution in [0.5, 0.6) is 5.75 Å². The van der Waals surface area contributed by atoms with Crippen LogP contribution >= 0.6 is 0 Å². The Hall–Kier alpha value is -2.83. The van der Waals surface area contributed by atoms with Crippen molar-refractivity contribution in [2.24, 2.45) is 0 Å². The number of benzene rings is 1. The van der Waals surface area contributed by atoms with Gasteiger partial charge in [0.15, 0.2) is 5.82 Å². The minimum absolute atomic E-state index is 0.0598. The number of hydrogen-bond acceptors (Lipinski definition) is 6. The Bertz CT molecular complexity index is 734. The van der Waals surface area contributed by atoms with Crippen LogP contribution in [-0.2, 0) is 4.79 Å². The number of carbonyl (C=O) groups is 1. The van der Waals surface area contributed by atoms with Crippen LogP contribution in [-0.4, -0.2) is 43.6 Å². The van der Waals surface area contributed by atoms with Crippen molar-refractivity contribution in [3.63, 3.8) is 0 Å². The first kappa shape index (κ1) is 15.1. The number of fused-ring (bicyclic) bond motifs is 1. The van der Waals surface area contributed by atoms with Crippen LogP contribution in [0.4, 0.5) is 23.1 Å². The van der Waals surface area contributed by atoms with E-state index in [2.05, 4.69) is 15.3 Å². The van der Waals surface area contributed by atoms with Gasteiger partial charge < -0.3 is 19.9 Å². The van der Waals surface area contributed by atoms with E-state index >= 15 is 0 Å². The molecule has 0 radical (unpaired) electrons. The number of methoxy groups -OCH3 is 1. The summed E-state index contributed by atoms with van der Waals surface area (Å²) in [5, 5.41) is 3.16.